The molecule has 200 valence electrons. The Morgan fingerprint density at radius 3 is 2.72 bits per heavy atom. The molecule has 39 heavy (non-hydrogen) atoms. The molecule has 4 aromatic rings. The van der Waals surface area contributed by atoms with Crippen molar-refractivity contribution in [1.82, 2.24) is 9.88 Å². The number of pyridine rings is 1. The highest BCUT2D eigenvalue weighted by Crippen LogP contribution is 2.42. The third-order valence-electron chi connectivity index (χ3n) is 6.37. The summed E-state index contributed by atoms with van der Waals surface area (Å²) in [5.74, 6) is -0.713. The van der Waals surface area contributed by atoms with Gasteiger partial charge >= 0.3 is 0 Å². The lowest BCUT2D eigenvalue weighted by Gasteiger charge is -2.27. The summed E-state index contributed by atoms with van der Waals surface area (Å²) in [6, 6.07) is 14.6. The molecule has 0 saturated carbocycles. The number of methoxy groups -OCH3 is 1. The van der Waals surface area contributed by atoms with Crippen LogP contribution in [-0.4, -0.2) is 40.4 Å². The minimum Gasteiger partial charge on any atom is -0.503 e. The van der Waals surface area contributed by atoms with E-state index in [1.807, 2.05) is 26.0 Å². The number of carbonyl (C=O) groups is 2. The van der Waals surface area contributed by atoms with Crippen LogP contribution in [0.1, 0.15) is 41.6 Å². The topological polar surface area (TPSA) is 102 Å². The quantitative estimate of drug-likeness (QED) is 0.246. The summed E-state index contributed by atoms with van der Waals surface area (Å²) in [5, 5.41) is 12.0. The standard InChI is InChI=1S/C30H27ClN2O6/c1-17(2)16-38-22-8-4-7-19(11-22)26-25(28(35)30(36)33(26)15-18-6-5-9-32-14-18)27(34)23-12-20-10-21(31)13-24(37-3)29(20)39-23/h4-14,17,26,35H,15-16H2,1-3H3. The highest BCUT2D eigenvalue weighted by molar-refractivity contribution is 6.31. The number of benzene rings is 2. The lowest BCUT2D eigenvalue weighted by Crippen LogP contribution is -2.30. The number of nitrogens with zero attached hydrogens (tertiary/aromatic N) is 2. The zero-order valence-electron chi connectivity index (χ0n) is 21.7. The maximum absolute atomic E-state index is 13.9. The third kappa shape index (κ3) is 5.20. The van der Waals surface area contributed by atoms with Crippen LogP contribution in [0.5, 0.6) is 11.5 Å². The van der Waals surface area contributed by atoms with E-state index in [1.54, 1.807) is 48.8 Å². The molecule has 1 aliphatic heterocycles. The normalized spacial score (nSPS) is 15.5. The van der Waals surface area contributed by atoms with E-state index < -0.39 is 23.5 Å². The fraction of sp³-hybridized carbons (Fsp3) is 0.233. The summed E-state index contributed by atoms with van der Waals surface area (Å²) in [7, 11) is 1.47. The van der Waals surface area contributed by atoms with Crippen LogP contribution in [0.3, 0.4) is 0 Å². The fourth-order valence-corrected chi connectivity index (χ4v) is 4.82. The predicted molar refractivity (Wildman–Crippen MR) is 146 cm³/mol. The Hall–Kier alpha value is -4.30. The first kappa shape index (κ1) is 26.3. The first-order valence-corrected chi connectivity index (χ1v) is 12.8. The zero-order valence-corrected chi connectivity index (χ0v) is 22.4. The molecule has 1 unspecified atom stereocenters. The van der Waals surface area contributed by atoms with E-state index in [-0.39, 0.29) is 17.9 Å². The van der Waals surface area contributed by atoms with Gasteiger partial charge in [-0.3, -0.25) is 14.6 Å². The lowest BCUT2D eigenvalue weighted by molar-refractivity contribution is -0.130. The first-order valence-electron chi connectivity index (χ1n) is 12.4. The number of rotatable bonds is 9. The summed E-state index contributed by atoms with van der Waals surface area (Å²) >= 11 is 6.20. The number of halogens is 1. The van der Waals surface area contributed by atoms with Crippen LogP contribution in [0.15, 0.2) is 82.7 Å². The van der Waals surface area contributed by atoms with Gasteiger partial charge < -0.3 is 23.9 Å². The van der Waals surface area contributed by atoms with Gasteiger partial charge in [0, 0.05) is 35.4 Å². The number of aliphatic hydroxyl groups is 1. The number of ketones is 1. The molecule has 2 aromatic carbocycles. The van der Waals surface area contributed by atoms with Crippen molar-refractivity contribution in [2.75, 3.05) is 13.7 Å². The molecule has 8 nitrogen and oxygen atoms in total. The molecule has 1 N–H and O–H groups in total. The molecule has 1 amide bonds. The van der Waals surface area contributed by atoms with E-state index in [2.05, 4.69) is 4.98 Å². The number of amides is 1. The van der Waals surface area contributed by atoms with Gasteiger partial charge in [-0.05, 0) is 47.4 Å². The van der Waals surface area contributed by atoms with Crippen LogP contribution in [-0.2, 0) is 11.3 Å². The molecule has 0 radical (unpaired) electrons. The Morgan fingerprint density at radius 1 is 1.18 bits per heavy atom. The van der Waals surface area contributed by atoms with E-state index in [0.29, 0.717) is 45.6 Å². The van der Waals surface area contributed by atoms with Crippen LogP contribution in [0.4, 0.5) is 0 Å². The summed E-state index contributed by atoms with van der Waals surface area (Å²) in [4.78, 5) is 32.9. The van der Waals surface area contributed by atoms with Crippen molar-refractivity contribution in [1.29, 1.82) is 0 Å². The van der Waals surface area contributed by atoms with Crippen LogP contribution in [0, 0.1) is 5.92 Å². The average molecular weight is 547 g/mol. The largest absolute Gasteiger partial charge is 0.503 e. The minimum absolute atomic E-state index is 0.0552. The number of furan rings is 1. The highest BCUT2D eigenvalue weighted by Gasteiger charge is 2.44. The van der Waals surface area contributed by atoms with Gasteiger partial charge in [-0.15, -0.1) is 0 Å². The number of carbonyl (C=O) groups excluding carboxylic acids is 2. The number of hydrogen-bond acceptors (Lipinski definition) is 7. The number of hydrogen-bond donors (Lipinski definition) is 1. The van der Waals surface area contributed by atoms with E-state index in [1.165, 1.54) is 18.1 Å². The van der Waals surface area contributed by atoms with Crippen LogP contribution >= 0.6 is 11.6 Å². The van der Waals surface area contributed by atoms with Gasteiger partial charge in [0.05, 0.1) is 25.3 Å². The molecule has 2 aromatic heterocycles. The second-order valence-corrected chi connectivity index (χ2v) is 10.1. The van der Waals surface area contributed by atoms with Crippen LogP contribution in [0.2, 0.25) is 5.02 Å². The SMILES string of the molecule is COc1cc(Cl)cc2cc(C(=O)C3=C(O)C(=O)N(Cc4cccnc4)C3c3cccc(OCC(C)C)c3)oc12. The van der Waals surface area contributed by atoms with Gasteiger partial charge in [-0.2, -0.15) is 0 Å². The maximum Gasteiger partial charge on any atom is 0.290 e. The van der Waals surface area contributed by atoms with Crippen molar-refractivity contribution in [2.45, 2.75) is 26.4 Å². The molecule has 0 spiro atoms. The Balaban J connectivity index is 1.59. The van der Waals surface area contributed by atoms with Crippen LogP contribution in [0.25, 0.3) is 11.0 Å². The third-order valence-corrected chi connectivity index (χ3v) is 6.59. The molecule has 3 heterocycles. The molecular weight excluding hydrogens is 520 g/mol. The van der Waals surface area contributed by atoms with Crippen molar-refractivity contribution in [3.05, 3.63) is 100 Å². The molecule has 0 bridgehead atoms. The van der Waals surface area contributed by atoms with Crippen molar-refractivity contribution >= 4 is 34.3 Å². The second kappa shape index (κ2) is 10.8. The molecular formula is C30H27ClN2O6. The highest BCUT2D eigenvalue weighted by atomic mass is 35.5. The van der Waals surface area contributed by atoms with Gasteiger partial charge in [0.2, 0.25) is 5.78 Å². The number of fused-ring (bicyclic) bond motifs is 1. The first-order chi connectivity index (χ1) is 18.8. The van der Waals surface area contributed by atoms with Gasteiger partial charge in [-0.1, -0.05) is 43.6 Å². The molecule has 1 atom stereocenters. The number of ether oxygens (including phenoxy) is 2. The molecule has 0 aliphatic carbocycles. The summed E-state index contributed by atoms with van der Waals surface area (Å²) < 4.78 is 17.2. The number of aromatic nitrogens is 1. The van der Waals surface area contributed by atoms with E-state index >= 15 is 0 Å². The van der Waals surface area contributed by atoms with E-state index in [9.17, 15) is 14.7 Å². The second-order valence-electron chi connectivity index (χ2n) is 9.70. The lowest BCUT2D eigenvalue weighted by atomic mass is 9.94. The molecule has 9 heteroatoms. The number of aliphatic hydroxyl groups excluding tert-OH is 1. The molecule has 5 rings (SSSR count). The van der Waals surface area contributed by atoms with Crippen molar-refractivity contribution in [2.24, 2.45) is 5.92 Å². The Morgan fingerprint density at radius 2 is 2.00 bits per heavy atom. The fourth-order valence-electron chi connectivity index (χ4n) is 4.60. The molecule has 0 fully saturated rings. The Bertz CT molecular complexity index is 1580. The Labute approximate surface area is 230 Å². The van der Waals surface area contributed by atoms with Crippen molar-refractivity contribution in [3.63, 3.8) is 0 Å². The summed E-state index contributed by atoms with van der Waals surface area (Å²) in [5.41, 5.74) is 1.60. The van der Waals surface area contributed by atoms with Gasteiger partial charge in [0.25, 0.3) is 5.91 Å². The van der Waals surface area contributed by atoms with Gasteiger partial charge in [0.1, 0.15) is 5.75 Å². The van der Waals surface area contributed by atoms with Crippen molar-refractivity contribution in [3.8, 4) is 11.5 Å². The number of Topliss-reactive ketones (excluding diaryl/α,β-unsaturated/α-hetero) is 1. The minimum atomic E-state index is -0.897. The predicted octanol–water partition coefficient (Wildman–Crippen LogP) is 6.30. The Kier molecular flexibility index (Phi) is 7.30. The summed E-state index contributed by atoms with van der Waals surface area (Å²) in [6.07, 6.45) is 3.27. The maximum atomic E-state index is 13.9. The van der Waals surface area contributed by atoms with E-state index in [0.717, 1.165) is 5.56 Å². The van der Waals surface area contributed by atoms with Crippen LogP contribution < -0.4 is 9.47 Å². The van der Waals surface area contributed by atoms with Gasteiger partial charge in [-0.25, -0.2) is 0 Å². The van der Waals surface area contributed by atoms with E-state index in [4.69, 9.17) is 25.5 Å². The monoisotopic (exact) mass is 546 g/mol. The average Bonchev–Trinajstić information content (AvgIpc) is 3.46. The molecule has 0 saturated heterocycles. The zero-order chi connectivity index (χ0) is 27.7. The summed E-state index contributed by atoms with van der Waals surface area (Å²) in [6.45, 7) is 4.71. The molecule has 1 aliphatic rings. The van der Waals surface area contributed by atoms with Crippen molar-refractivity contribution < 1.29 is 28.6 Å². The van der Waals surface area contributed by atoms with Gasteiger partial charge in [0.15, 0.2) is 22.9 Å². The smallest absolute Gasteiger partial charge is 0.290 e.